The molecule has 3 heteroatoms. The van der Waals surface area contributed by atoms with Crippen molar-refractivity contribution >= 4 is 11.6 Å². The van der Waals surface area contributed by atoms with Gasteiger partial charge in [0.1, 0.15) is 5.75 Å². The van der Waals surface area contributed by atoms with Crippen molar-refractivity contribution < 1.29 is 4.74 Å². The van der Waals surface area contributed by atoms with Gasteiger partial charge in [0.05, 0.1) is 11.6 Å². The predicted molar refractivity (Wildman–Crippen MR) is 67.5 cm³/mol. The van der Waals surface area contributed by atoms with Crippen LogP contribution in [0, 0.1) is 0 Å². The van der Waals surface area contributed by atoms with Crippen molar-refractivity contribution in [3.63, 3.8) is 0 Å². The summed E-state index contributed by atoms with van der Waals surface area (Å²) in [6.07, 6.45) is 2.40. The Morgan fingerprint density at radius 1 is 1.38 bits per heavy atom. The summed E-state index contributed by atoms with van der Waals surface area (Å²) in [6, 6.07) is 6.17. The van der Waals surface area contributed by atoms with Crippen molar-refractivity contribution in [1.82, 2.24) is 5.32 Å². The van der Waals surface area contributed by atoms with Gasteiger partial charge in [0.2, 0.25) is 0 Å². The Kier molecular flexibility index (Phi) is 4.08. The van der Waals surface area contributed by atoms with Crippen molar-refractivity contribution in [2.45, 2.75) is 25.7 Å². The monoisotopic (exact) mass is 239 g/mol. The molecule has 1 aromatic rings. The quantitative estimate of drug-likeness (QED) is 0.875. The van der Waals surface area contributed by atoms with Gasteiger partial charge in [-0.25, -0.2) is 0 Å². The van der Waals surface area contributed by atoms with Gasteiger partial charge in [0.25, 0.3) is 0 Å². The van der Waals surface area contributed by atoms with Gasteiger partial charge in [-0.1, -0.05) is 17.7 Å². The lowest BCUT2D eigenvalue weighted by molar-refractivity contribution is 0.339. The molecule has 0 unspecified atom stereocenters. The van der Waals surface area contributed by atoms with E-state index in [-0.39, 0.29) is 0 Å². The van der Waals surface area contributed by atoms with Gasteiger partial charge in [-0.2, -0.15) is 0 Å². The average Bonchev–Trinajstić information content (AvgIpc) is 2.33. The Morgan fingerprint density at radius 3 is 2.81 bits per heavy atom. The number of rotatable bonds is 3. The molecule has 2 nitrogen and oxygen atoms in total. The molecule has 0 atom stereocenters. The molecule has 2 rings (SSSR count). The number of ether oxygens (including phenoxy) is 1. The van der Waals surface area contributed by atoms with Crippen LogP contribution < -0.4 is 10.1 Å². The van der Waals surface area contributed by atoms with Crippen LogP contribution in [0.5, 0.6) is 5.75 Å². The van der Waals surface area contributed by atoms with Crippen molar-refractivity contribution in [1.29, 1.82) is 0 Å². The minimum atomic E-state index is 0.651. The van der Waals surface area contributed by atoms with E-state index in [1.807, 2.05) is 13.0 Å². The fourth-order valence-corrected chi connectivity index (χ4v) is 2.37. The van der Waals surface area contributed by atoms with E-state index in [9.17, 15) is 0 Å². The van der Waals surface area contributed by atoms with Crippen molar-refractivity contribution in [2.75, 3.05) is 19.7 Å². The molecule has 1 fully saturated rings. The first-order valence-corrected chi connectivity index (χ1v) is 6.32. The molecule has 0 aliphatic carbocycles. The van der Waals surface area contributed by atoms with E-state index >= 15 is 0 Å². The lowest BCUT2D eigenvalue weighted by Crippen LogP contribution is -2.26. The van der Waals surface area contributed by atoms with Crippen LogP contribution in [0.15, 0.2) is 18.2 Å². The van der Waals surface area contributed by atoms with Crippen LogP contribution in [0.1, 0.15) is 31.2 Å². The van der Waals surface area contributed by atoms with Gasteiger partial charge in [0, 0.05) is 0 Å². The summed E-state index contributed by atoms with van der Waals surface area (Å²) in [6.45, 7) is 4.86. The molecule has 1 heterocycles. The molecule has 16 heavy (non-hydrogen) atoms. The second-order valence-electron chi connectivity index (χ2n) is 4.15. The molecule has 0 amide bonds. The van der Waals surface area contributed by atoms with Gasteiger partial charge in [-0.3, -0.25) is 0 Å². The molecule has 1 N–H and O–H groups in total. The summed E-state index contributed by atoms with van der Waals surface area (Å²) in [7, 11) is 0. The highest BCUT2D eigenvalue weighted by molar-refractivity contribution is 6.32. The smallest absolute Gasteiger partial charge is 0.138 e. The fourth-order valence-electron chi connectivity index (χ4n) is 2.20. The molecular weight excluding hydrogens is 222 g/mol. The Balaban J connectivity index is 2.17. The standard InChI is InChI=1S/C13H18ClNO/c1-2-16-13-9-11(3-4-12(13)14)10-5-7-15-8-6-10/h3-4,9-10,15H,2,5-8H2,1H3. The van der Waals surface area contributed by atoms with Crippen LogP contribution in [-0.2, 0) is 0 Å². The summed E-state index contributed by atoms with van der Waals surface area (Å²) >= 11 is 6.08. The number of hydrogen-bond acceptors (Lipinski definition) is 2. The summed E-state index contributed by atoms with van der Waals surface area (Å²) in [4.78, 5) is 0. The number of benzene rings is 1. The molecule has 1 saturated heterocycles. The molecular formula is C13H18ClNO. The van der Waals surface area contributed by atoms with E-state index < -0.39 is 0 Å². The minimum Gasteiger partial charge on any atom is -0.492 e. The Morgan fingerprint density at radius 2 is 2.12 bits per heavy atom. The van der Waals surface area contributed by atoms with Crippen LogP contribution in [0.4, 0.5) is 0 Å². The van der Waals surface area contributed by atoms with Crippen LogP contribution in [-0.4, -0.2) is 19.7 Å². The molecule has 0 spiro atoms. The normalized spacial score (nSPS) is 17.4. The van der Waals surface area contributed by atoms with E-state index in [0.29, 0.717) is 17.5 Å². The zero-order valence-corrected chi connectivity index (χ0v) is 10.4. The Labute approximate surface area is 102 Å². The molecule has 0 aromatic heterocycles. The highest BCUT2D eigenvalue weighted by Gasteiger charge is 2.16. The third-order valence-electron chi connectivity index (χ3n) is 3.07. The third-order valence-corrected chi connectivity index (χ3v) is 3.38. The van der Waals surface area contributed by atoms with E-state index in [4.69, 9.17) is 16.3 Å². The Hall–Kier alpha value is -0.730. The molecule has 0 radical (unpaired) electrons. The molecule has 0 bridgehead atoms. The molecule has 1 aliphatic heterocycles. The maximum absolute atomic E-state index is 6.08. The second kappa shape index (κ2) is 5.55. The van der Waals surface area contributed by atoms with Crippen molar-refractivity contribution in [3.05, 3.63) is 28.8 Å². The van der Waals surface area contributed by atoms with Crippen LogP contribution >= 0.6 is 11.6 Å². The summed E-state index contributed by atoms with van der Waals surface area (Å²) in [5, 5.41) is 4.09. The third kappa shape index (κ3) is 2.69. The lowest BCUT2D eigenvalue weighted by Gasteiger charge is -2.23. The number of piperidine rings is 1. The van der Waals surface area contributed by atoms with Gasteiger partial charge < -0.3 is 10.1 Å². The SMILES string of the molecule is CCOc1cc(C2CCNCC2)ccc1Cl. The van der Waals surface area contributed by atoms with E-state index in [1.54, 1.807) is 0 Å². The average molecular weight is 240 g/mol. The van der Waals surface area contributed by atoms with Crippen LogP contribution in [0.3, 0.4) is 0 Å². The maximum Gasteiger partial charge on any atom is 0.138 e. The first-order valence-electron chi connectivity index (χ1n) is 5.94. The fraction of sp³-hybridized carbons (Fsp3) is 0.538. The maximum atomic E-state index is 6.08. The van der Waals surface area contributed by atoms with Crippen LogP contribution in [0.25, 0.3) is 0 Å². The van der Waals surface area contributed by atoms with Gasteiger partial charge in [-0.05, 0) is 56.5 Å². The molecule has 0 saturated carbocycles. The highest BCUT2D eigenvalue weighted by atomic mass is 35.5. The summed E-state index contributed by atoms with van der Waals surface area (Å²) < 4.78 is 5.52. The first kappa shape index (κ1) is 11.7. The molecule has 1 aliphatic rings. The predicted octanol–water partition coefficient (Wildman–Crippen LogP) is 3.21. The minimum absolute atomic E-state index is 0.651. The van der Waals surface area contributed by atoms with Crippen molar-refractivity contribution in [3.8, 4) is 5.75 Å². The zero-order chi connectivity index (χ0) is 11.4. The molecule has 1 aromatic carbocycles. The summed E-state index contributed by atoms with van der Waals surface area (Å²) in [5.41, 5.74) is 1.36. The van der Waals surface area contributed by atoms with Gasteiger partial charge in [-0.15, -0.1) is 0 Å². The molecule has 88 valence electrons. The van der Waals surface area contributed by atoms with E-state index in [0.717, 1.165) is 18.8 Å². The van der Waals surface area contributed by atoms with Crippen LogP contribution in [0.2, 0.25) is 5.02 Å². The van der Waals surface area contributed by atoms with Gasteiger partial charge >= 0.3 is 0 Å². The number of hydrogen-bond donors (Lipinski definition) is 1. The van der Waals surface area contributed by atoms with Gasteiger partial charge in [0.15, 0.2) is 0 Å². The highest BCUT2D eigenvalue weighted by Crippen LogP contribution is 2.32. The first-order chi connectivity index (χ1) is 7.81. The lowest BCUT2D eigenvalue weighted by atomic mass is 9.90. The largest absolute Gasteiger partial charge is 0.492 e. The number of halogens is 1. The topological polar surface area (TPSA) is 21.3 Å². The zero-order valence-electron chi connectivity index (χ0n) is 9.63. The number of nitrogens with one attached hydrogen (secondary N) is 1. The van der Waals surface area contributed by atoms with Crippen molar-refractivity contribution in [2.24, 2.45) is 0 Å². The summed E-state index contributed by atoms with van der Waals surface area (Å²) in [5.74, 6) is 1.47. The van der Waals surface area contributed by atoms with E-state index in [1.165, 1.54) is 18.4 Å². The second-order valence-corrected chi connectivity index (χ2v) is 4.55. The Bertz CT molecular complexity index is 348. The van der Waals surface area contributed by atoms with E-state index in [2.05, 4.69) is 17.4 Å².